The van der Waals surface area contributed by atoms with Crippen LogP contribution < -0.4 is 10.2 Å². The smallest absolute Gasteiger partial charge is 0.321 e. The predicted octanol–water partition coefficient (Wildman–Crippen LogP) is 3.93. The summed E-state index contributed by atoms with van der Waals surface area (Å²) in [7, 11) is 0. The first kappa shape index (κ1) is 14.4. The number of alkyl halides is 3. The molecule has 0 spiro atoms. The Morgan fingerprint density at radius 3 is 2.59 bits per heavy atom. The van der Waals surface area contributed by atoms with Gasteiger partial charge in [-0.2, -0.15) is 8.78 Å². The van der Waals surface area contributed by atoms with Crippen molar-refractivity contribution in [2.75, 3.05) is 16.9 Å². The fraction of sp³-hybridized carbons (Fsp3) is 0.133. The summed E-state index contributed by atoms with van der Waals surface area (Å²) < 4.78 is 55.0. The summed E-state index contributed by atoms with van der Waals surface area (Å²) in [6.45, 7) is -1.36. The van der Waals surface area contributed by atoms with Crippen molar-refractivity contribution in [3.8, 4) is 0 Å². The third-order valence-corrected chi connectivity index (χ3v) is 3.34. The largest absolute Gasteiger partial charge is 0.352 e. The van der Waals surface area contributed by atoms with Gasteiger partial charge in [0.25, 0.3) is 5.91 Å². The molecule has 0 radical (unpaired) electrons. The number of nitrogens with zero attached hydrogens (tertiary/aromatic N) is 1. The highest BCUT2D eigenvalue weighted by molar-refractivity contribution is 6.05. The van der Waals surface area contributed by atoms with Gasteiger partial charge in [-0.05, 0) is 30.3 Å². The van der Waals surface area contributed by atoms with Crippen molar-refractivity contribution < 1.29 is 22.4 Å². The van der Waals surface area contributed by atoms with Crippen LogP contribution in [0, 0.1) is 5.82 Å². The zero-order valence-electron chi connectivity index (χ0n) is 11.1. The summed E-state index contributed by atoms with van der Waals surface area (Å²) in [4.78, 5) is 12.8. The summed E-state index contributed by atoms with van der Waals surface area (Å²) in [6.07, 6.45) is 0. The van der Waals surface area contributed by atoms with Gasteiger partial charge in [0.15, 0.2) is 6.67 Å². The number of carbonyl (C=O) groups excluding carboxylic acids is 1. The number of rotatable bonds is 1. The van der Waals surface area contributed by atoms with Gasteiger partial charge >= 0.3 is 6.05 Å². The molecule has 2 aromatic carbocycles. The average molecular weight is 310 g/mol. The van der Waals surface area contributed by atoms with Crippen molar-refractivity contribution in [1.29, 1.82) is 0 Å². The molecule has 0 unspecified atom stereocenters. The van der Waals surface area contributed by atoms with Gasteiger partial charge in [-0.25, -0.2) is 8.78 Å². The number of hydrogen-bond acceptors (Lipinski definition) is 2. The van der Waals surface area contributed by atoms with Crippen molar-refractivity contribution in [1.82, 2.24) is 0 Å². The lowest BCUT2D eigenvalue weighted by Crippen LogP contribution is -2.28. The summed E-state index contributed by atoms with van der Waals surface area (Å²) in [5.74, 6) is -1.89. The lowest BCUT2D eigenvalue weighted by Gasteiger charge is -2.23. The molecule has 0 atom stereocenters. The second-order valence-electron chi connectivity index (χ2n) is 4.74. The highest BCUT2D eigenvalue weighted by Gasteiger charge is 2.41. The van der Waals surface area contributed by atoms with Gasteiger partial charge in [-0.15, -0.1) is 0 Å². The van der Waals surface area contributed by atoms with Crippen molar-refractivity contribution in [3.05, 3.63) is 53.8 Å². The lowest BCUT2D eigenvalue weighted by molar-refractivity contribution is -0.118. The molecule has 114 valence electrons. The summed E-state index contributed by atoms with van der Waals surface area (Å²) in [5.41, 5.74) is -0.960. The molecular formula is C15H10F4N2O. The standard InChI is InChI=1S/C15H10F4N2O/c16-8-14(22)21-12-6-5-9(17)7-10(12)15(18,19)20-11-3-1-2-4-13(11)21/h1-7,20H,8H2. The molecule has 22 heavy (non-hydrogen) atoms. The van der Waals surface area contributed by atoms with Crippen LogP contribution in [0.3, 0.4) is 0 Å². The molecule has 0 bridgehead atoms. The lowest BCUT2D eigenvalue weighted by atomic mass is 10.1. The molecule has 3 nitrogen and oxygen atoms in total. The minimum Gasteiger partial charge on any atom is -0.321 e. The first-order chi connectivity index (χ1) is 10.4. The normalized spacial score (nSPS) is 15.4. The number of hydrogen-bond donors (Lipinski definition) is 1. The maximum atomic E-state index is 14.3. The van der Waals surface area contributed by atoms with Crippen molar-refractivity contribution in [2.24, 2.45) is 0 Å². The minimum absolute atomic E-state index is 0.0501. The highest BCUT2D eigenvalue weighted by Crippen LogP contribution is 2.45. The zero-order valence-corrected chi connectivity index (χ0v) is 11.1. The number of halogens is 4. The molecule has 1 heterocycles. The SMILES string of the molecule is O=C(CF)N1c2ccccc2NC(F)(F)c2cc(F)ccc21. The average Bonchev–Trinajstić information content (AvgIpc) is 2.58. The van der Waals surface area contributed by atoms with E-state index in [0.29, 0.717) is 6.07 Å². The van der Waals surface area contributed by atoms with Crippen LogP contribution in [0.4, 0.5) is 34.6 Å². The van der Waals surface area contributed by atoms with E-state index in [-0.39, 0.29) is 17.1 Å². The predicted molar refractivity (Wildman–Crippen MR) is 73.5 cm³/mol. The van der Waals surface area contributed by atoms with Crippen molar-refractivity contribution in [2.45, 2.75) is 6.05 Å². The van der Waals surface area contributed by atoms with Gasteiger partial charge in [0.2, 0.25) is 0 Å². The van der Waals surface area contributed by atoms with E-state index in [4.69, 9.17) is 0 Å². The van der Waals surface area contributed by atoms with Gasteiger partial charge in [-0.3, -0.25) is 9.69 Å². The van der Waals surface area contributed by atoms with Crippen LogP contribution in [0.2, 0.25) is 0 Å². The van der Waals surface area contributed by atoms with Gasteiger partial charge in [0, 0.05) is 0 Å². The van der Waals surface area contributed by atoms with Gasteiger partial charge in [0.1, 0.15) is 5.82 Å². The summed E-state index contributed by atoms with van der Waals surface area (Å²) in [5, 5.41) is 1.97. The monoisotopic (exact) mass is 310 g/mol. The number of para-hydroxylation sites is 2. The van der Waals surface area contributed by atoms with E-state index in [9.17, 15) is 22.4 Å². The molecule has 0 saturated carbocycles. The van der Waals surface area contributed by atoms with E-state index < -0.39 is 30.0 Å². The number of nitrogens with one attached hydrogen (secondary N) is 1. The topological polar surface area (TPSA) is 32.3 Å². The molecular weight excluding hydrogens is 300 g/mol. The maximum Gasteiger partial charge on any atom is 0.352 e. The quantitative estimate of drug-likeness (QED) is 0.639. The Hall–Kier alpha value is -2.57. The van der Waals surface area contributed by atoms with Crippen molar-refractivity contribution >= 4 is 23.0 Å². The molecule has 1 N–H and O–H groups in total. The van der Waals surface area contributed by atoms with Crippen molar-refractivity contribution in [3.63, 3.8) is 0 Å². The number of benzene rings is 2. The zero-order chi connectivity index (χ0) is 15.9. The molecule has 7 heteroatoms. The Morgan fingerprint density at radius 2 is 1.86 bits per heavy atom. The van der Waals surface area contributed by atoms with E-state index in [2.05, 4.69) is 0 Å². The van der Waals surface area contributed by atoms with Crippen LogP contribution in [-0.4, -0.2) is 12.6 Å². The summed E-state index contributed by atoms with van der Waals surface area (Å²) in [6, 6.07) is 4.78. The number of amides is 1. The van der Waals surface area contributed by atoms with Crippen LogP contribution >= 0.6 is 0 Å². The number of anilines is 3. The fourth-order valence-electron chi connectivity index (χ4n) is 2.42. The number of carbonyl (C=O) groups is 1. The Kier molecular flexibility index (Phi) is 3.27. The van der Waals surface area contributed by atoms with Crippen LogP contribution in [0.15, 0.2) is 42.5 Å². The van der Waals surface area contributed by atoms with Gasteiger partial charge in [0.05, 0.1) is 22.6 Å². The molecule has 1 aliphatic heterocycles. The van der Waals surface area contributed by atoms with Crippen LogP contribution in [0.1, 0.15) is 5.56 Å². The van der Waals surface area contributed by atoms with E-state index in [0.717, 1.165) is 17.0 Å². The molecule has 0 saturated heterocycles. The van der Waals surface area contributed by atoms with Crippen LogP contribution in [0.5, 0.6) is 0 Å². The molecule has 1 amide bonds. The van der Waals surface area contributed by atoms with E-state index in [1.165, 1.54) is 24.3 Å². The third kappa shape index (κ3) is 2.18. The molecule has 0 fully saturated rings. The second-order valence-corrected chi connectivity index (χ2v) is 4.74. The van der Waals surface area contributed by atoms with E-state index in [1.807, 2.05) is 5.32 Å². The number of fused-ring (bicyclic) bond motifs is 2. The maximum absolute atomic E-state index is 14.3. The first-order valence-electron chi connectivity index (χ1n) is 6.38. The molecule has 2 aromatic rings. The molecule has 0 aliphatic carbocycles. The van der Waals surface area contributed by atoms with Gasteiger partial charge in [-0.1, -0.05) is 12.1 Å². The Morgan fingerprint density at radius 1 is 1.14 bits per heavy atom. The molecule has 3 rings (SSSR count). The van der Waals surface area contributed by atoms with E-state index in [1.54, 1.807) is 0 Å². The fourth-order valence-corrected chi connectivity index (χ4v) is 2.42. The highest BCUT2D eigenvalue weighted by atomic mass is 19.3. The van der Waals surface area contributed by atoms with Crippen LogP contribution in [0.25, 0.3) is 0 Å². The first-order valence-corrected chi connectivity index (χ1v) is 6.38. The van der Waals surface area contributed by atoms with E-state index >= 15 is 0 Å². The minimum atomic E-state index is -3.61. The summed E-state index contributed by atoms with van der Waals surface area (Å²) >= 11 is 0. The molecule has 0 aromatic heterocycles. The molecule has 1 aliphatic rings. The van der Waals surface area contributed by atoms with Crippen LogP contribution in [-0.2, 0) is 10.8 Å². The Labute approximate surface area is 123 Å². The third-order valence-electron chi connectivity index (χ3n) is 3.34. The Bertz CT molecular complexity index is 748. The van der Waals surface area contributed by atoms with Gasteiger partial charge < -0.3 is 5.32 Å². The second kappa shape index (κ2) is 5.01. The Balaban J connectivity index is 2.33.